The van der Waals surface area contributed by atoms with Crippen LogP contribution < -0.4 is 4.90 Å². The van der Waals surface area contributed by atoms with Gasteiger partial charge in [0, 0.05) is 37.3 Å². The van der Waals surface area contributed by atoms with Crippen LogP contribution in [0.3, 0.4) is 0 Å². The molecule has 1 atom stereocenters. The number of allylic oxidation sites excluding steroid dienone is 5. The van der Waals surface area contributed by atoms with E-state index in [-0.39, 0.29) is 0 Å². The quantitative estimate of drug-likeness (QED) is 0.573. The summed E-state index contributed by atoms with van der Waals surface area (Å²) in [6.45, 7) is 8.51. The summed E-state index contributed by atoms with van der Waals surface area (Å²) in [7, 11) is 0. The summed E-state index contributed by atoms with van der Waals surface area (Å²) in [6.07, 6.45) is 4.32. The van der Waals surface area contributed by atoms with Gasteiger partial charge in [0.2, 0.25) is 5.82 Å². The van der Waals surface area contributed by atoms with Crippen molar-refractivity contribution in [3.05, 3.63) is 34.9 Å². The lowest BCUT2D eigenvalue weighted by Gasteiger charge is -2.18. The van der Waals surface area contributed by atoms with E-state index in [4.69, 9.17) is 0 Å². The number of rotatable bonds is 0. The van der Waals surface area contributed by atoms with Crippen LogP contribution in [0.25, 0.3) is 0 Å². The van der Waals surface area contributed by atoms with Crippen molar-refractivity contribution in [3.63, 3.8) is 0 Å². The maximum Gasteiger partial charge on any atom is 0.236 e. The van der Waals surface area contributed by atoms with E-state index in [0.717, 1.165) is 11.5 Å². The second-order valence-electron chi connectivity index (χ2n) is 3.79. The maximum atomic E-state index is 4.52. The molecule has 13 heavy (non-hydrogen) atoms. The van der Waals surface area contributed by atoms with E-state index in [2.05, 4.69) is 37.9 Å². The van der Waals surface area contributed by atoms with E-state index in [9.17, 15) is 0 Å². The van der Waals surface area contributed by atoms with Gasteiger partial charge in [-0.05, 0) is 13.8 Å². The predicted molar refractivity (Wildman–Crippen MR) is 54.3 cm³/mol. The second kappa shape index (κ2) is 2.67. The first kappa shape index (κ1) is 8.45. The molecule has 68 valence electrons. The Kier molecular flexibility index (Phi) is 1.74. The molecular formula is C11H15N2+. The van der Waals surface area contributed by atoms with Gasteiger partial charge in [0.05, 0.1) is 0 Å². The number of quaternary nitrogens is 1. The van der Waals surface area contributed by atoms with E-state index in [1.165, 1.54) is 21.9 Å². The molecule has 0 aromatic carbocycles. The monoisotopic (exact) mass is 175 g/mol. The molecule has 2 aliphatic heterocycles. The van der Waals surface area contributed by atoms with Crippen LogP contribution in [0.4, 0.5) is 0 Å². The van der Waals surface area contributed by atoms with Crippen molar-refractivity contribution in [1.29, 1.82) is 0 Å². The minimum Gasteiger partial charge on any atom is -0.229 e. The SMILES string of the molecule is CC1=CC(C)=NC2=CC(C)=C(C)[NH+]12. The Hall–Kier alpha value is -1.15. The van der Waals surface area contributed by atoms with Gasteiger partial charge in [0.25, 0.3) is 0 Å². The maximum absolute atomic E-state index is 4.52. The zero-order chi connectivity index (χ0) is 9.59. The molecule has 2 nitrogen and oxygen atoms in total. The first-order valence-electron chi connectivity index (χ1n) is 4.60. The highest BCUT2D eigenvalue weighted by Gasteiger charge is 2.29. The fraction of sp³-hybridized carbons (Fsp3) is 0.364. The Bertz CT molecular complexity index is 381. The second-order valence-corrected chi connectivity index (χ2v) is 3.79. The van der Waals surface area contributed by atoms with Gasteiger partial charge in [-0.15, -0.1) is 0 Å². The van der Waals surface area contributed by atoms with Crippen molar-refractivity contribution < 1.29 is 4.90 Å². The Morgan fingerprint density at radius 1 is 1.08 bits per heavy atom. The highest BCUT2D eigenvalue weighted by Crippen LogP contribution is 2.14. The number of nitrogens with one attached hydrogen (secondary N) is 1. The zero-order valence-corrected chi connectivity index (χ0v) is 8.60. The topological polar surface area (TPSA) is 16.8 Å². The van der Waals surface area contributed by atoms with Crippen molar-refractivity contribution in [2.75, 3.05) is 0 Å². The van der Waals surface area contributed by atoms with Crippen LogP contribution in [0.5, 0.6) is 0 Å². The van der Waals surface area contributed by atoms with Crippen LogP contribution in [0.15, 0.2) is 39.9 Å². The van der Waals surface area contributed by atoms with Crippen molar-refractivity contribution in [3.8, 4) is 0 Å². The smallest absolute Gasteiger partial charge is 0.229 e. The molecule has 0 aromatic rings. The van der Waals surface area contributed by atoms with Gasteiger partial charge < -0.3 is 0 Å². The molecule has 0 aliphatic carbocycles. The highest BCUT2D eigenvalue weighted by molar-refractivity contribution is 5.94. The lowest BCUT2D eigenvalue weighted by Crippen LogP contribution is -3.05. The first-order chi connectivity index (χ1) is 6.09. The molecule has 1 N–H and O–H groups in total. The van der Waals surface area contributed by atoms with Crippen molar-refractivity contribution >= 4 is 5.71 Å². The Balaban J connectivity index is 2.50. The van der Waals surface area contributed by atoms with Gasteiger partial charge in [-0.3, -0.25) is 0 Å². The molecule has 2 rings (SSSR count). The van der Waals surface area contributed by atoms with E-state index < -0.39 is 0 Å². The molecule has 0 radical (unpaired) electrons. The number of nitrogens with zero attached hydrogens (tertiary/aromatic N) is 1. The van der Waals surface area contributed by atoms with Gasteiger partial charge in [-0.25, -0.2) is 9.89 Å². The number of fused-ring (bicyclic) bond motifs is 1. The number of hydrogen-bond donors (Lipinski definition) is 1. The Morgan fingerprint density at radius 2 is 1.77 bits per heavy atom. The molecule has 2 aliphatic rings. The van der Waals surface area contributed by atoms with E-state index in [0.29, 0.717) is 0 Å². The van der Waals surface area contributed by atoms with Gasteiger partial charge >= 0.3 is 0 Å². The molecule has 0 spiro atoms. The van der Waals surface area contributed by atoms with Crippen LogP contribution in [0.1, 0.15) is 27.7 Å². The van der Waals surface area contributed by atoms with Crippen molar-refractivity contribution in [1.82, 2.24) is 0 Å². The van der Waals surface area contributed by atoms with Gasteiger partial charge in [0.15, 0.2) is 0 Å². The summed E-state index contributed by atoms with van der Waals surface area (Å²) in [5.74, 6) is 1.15. The normalized spacial score (nSPS) is 26.8. The lowest BCUT2D eigenvalue weighted by molar-refractivity contribution is -0.775. The fourth-order valence-electron chi connectivity index (χ4n) is 1.97. The molecule has 0 aromatic heterocycles. The molecule has 1 unspecified atom stereocenters. The summed E-state index contributed by atoms with van der Waals surface area (Å²) in [5.41, 5.74) is 5.17. The van der Waals surface area contributed by atoms with Gasteiger partial charge in [-0.2, -0.15) is 0 Å². The van der Waals surface area contributed by atoms with Crippen molar-refractivity contribution in [2.24, 2.45) is 4.99 Å². The van der Waals surface area contributed by atoms with E-state index >= 15 is 0 Å². The average molecular weight is 175 g/mol. The average Bonchev–Trinajstić information content (AvgIpc) is 2.27. The summed E-state index contributed by atoms with van der Waals surface area (Å²) in [6, 6.07) is 0. The fourth-order valence-corrected chi connectivity index (χ4v) is 1.97. The van der Waals surface area contributed by atoms with Crippen LogP contribution in [0.2, 0.25) is 0 Å². The number of hydrogen-bond acceptors (Lipinski definition) is 1. The third-order valence-electron chi connectivity index (χ3n) is 2.69. The molecule has 0 bridgehead atoms. The van der Waals surface area contributed by atoms with E-state index in [1.807, 2.05) is 6.92 Å². The van der Waals surface area contributed by atoms with E-state index in [1.54, 1.807) is 0 Å². The molecule has 0 fully saturated rings. The molecule has 0 saturated carbocycles. The third-order valence-corrected chi connectivity index (χ3v) is 2.69. The molecule has 0 amide bonds. The van der Waals surface area contributed by atoms with Gasteiger partial charge in [-0.1, -0.05) is 0 Å². The summed E-state index contributed by atoms with van der Waals surface area (Å²) in [4.78, 5) is 5.85. The Labute approximate surface area is 79.0 Å². The summed E-state index contributed by atoms with van der Waals surface area (Å²) in [5, 5.41) is 0. The summed E-state index contributed by atoms with van der Waals surface area (Å²) >= 11 is 0. The lowest BCUT2D eigenvalue weighted by atomic mass is 10.2. The third kappa shape index (κ3) is 1.18. The first-order valence-corrected chi connectivity index (χ1v) is 4.60. The molecule has 2 heteroatoms. The van der Waals surface area contributed by atoms with Gasteiger partial charge in [0.1, 0.15) is 11.4 Å². The van der Waals surface area contributed by atoms with Crippen LogP contribution in [-0.4, -0.2) is 5.71 Å². The standard InChI is InChI=1S/C11H14N2/c1-7-5-11-12-8(2)6-9(3)13(11)10(7)4/h5-6H,1-4H3/p+1. The minimum atomic E-state index is 1.11. The minimum absolute atomic E-state index is 1.11. The van der Waals surface area contributed by atoms with Crippen LogP contribution in [-0.2, 0) is 0 Å². The largest absolute Gasteiger partial charge is 0.236 e. The highest BCUT2D eigenvalue weighted by atomic mass is 15.3. The number of aliphatic imine (C=N–C) groups is 1. The predicted octanol–water partition coefficient (Wildman–Crippen LogP) is 1.40. The van der Waals surface area contributed by atoms with Crippen LogP contribution >= 0.6 is 0 Å². The molecular weight excluding hydrogens is 160 g/mol. The van der Waals surface area contributed by atoms with Crippen molar-refractivity contribution in [2.45, 2.75) is 27.7 Å². The Morgan fingerprint density at radius 3 is 2.46 bits per heavy atom. The molecule has 0 saturated heterocycles. The molecule has 2 heterocycles. The zero-order valence-electron chi connectivity index (χ0n) is 8.60. The van der Waals surface area contributed by atoms with Crippen LogP contribution in [0, 0.1) is 0 Å². The summed E-state index contributed by atoms with van der Waals surface area (Å²) < 4.78 is 0.